The van der Waals surface area contributed by atoms with E-state index in [4.69, 9.17) is 22.4 Å². The maximum absolute atomic E-state index is 12.4. The average molecular weight is 306 g/mol. The lowest BCUT2D eigenvalue weighted by atomic mass is 10.2. The normalized spacial score (nSPS) is 10.1. The van der Waals surface area contributed by atoms with Crippen LogP contribution < -0.4 is 10.6 Å². The monoisotopic (exact) mass is 305 g/mol. The predicted molar refractivity (Wildman–Crippen MR) is 79.4 cm³/mol. The number of hydrogen-bond donors (Lipinski definition) is 2. The first kappa shape index (κ1) is 14.8. The number of hydrogen-bond acceptors (Lipinski definition) is 4. The van der Waals surface area contributed by atoms with Gasteiger partial charge in [-0.05, 0) is 24.3 Å². The summed E-state index contributed by atoms with van der Waals surface area (Å²) < 4.78 is 0. The van der Waals surface area contributed by atoms with Gasteiger partial charge in [-0.2, -0.15) is 0 Å². The van der Waals surface area contributed by atoms with Crippen molar-refractivity contribution < 1.29 is 14.7 Å². The van der Waals surface area contributed by atoms with Crippen LogP contribution in [0.5, 0.6) is 0 Å². The highest BCUT2D eigenvalue weighted by molar-refractivity contribution is 6.30. The van der Waals surface area contributed by atoms with Gasteiger partial charge in [0, 0.05) is 6.20 Å². The van der Waals surface area contributed by atoms with E-state index in [1.54, 1.807) is 24.3 Å². The molecule has 1 amide bonds. The minimum absolute atomic E-state index is 0.0869. The molecule has 0 unspecified atom stereocenters. The molecular formula is C14H12ClN3O3. The number of anilines is 2. The van der Waals surface area contributed by atoms with Crippen LogP contribution in [0.3, 0.4) is 0 Å². The van der Waals surface area contributed by atoms with E-state index in [1.165, 1.54) is 18.3 Å². The Balaban J connectivity index is 2.41. The Morgan fingerprint density at radius 3 is 2.52 bits per heavy atom. The van der Waals surface area contributed by atoms with Crippen molar-refractivity contribution in [1.29, 1.82) is 0 Å². The summed E-state index contributed by atoms with van der Waals surface area (Å²) in [5, 5.41) is 9.38. The first-order valence-corrected chi connectivity index (χ1v) is 6.36. The van der Waals surface area contributed by atoms with Gasteiger partial charge in [0.2, 0.25) is 0 Å². The van der Waals surface area contributed by atoms with Crippen molar-refractivity contribution in [3.05, 3.63) is 53.3 Å². The Labute approximate surface area is 125 Å². The summed E-state index contributed by atoms with van der Waals surface area (Å²) >= 11 is 5.72. The number of halogens is 1. The zero-order valence-corrected chi connectivity index (χ0v) is 11.6. The molecule has 0 radical (unpaired) electrons. The van der Waals surface area contributed by atoms with Crippen molar-refractivity contribution in [2.75, 3.05) is 17.2 Å². The molecule has 1 heterocycles. The number of rotatable bonds is 4. The number of nitrogen functional groups attached to an aromatic ring is 1. The van der Waals surface area contributed by atoms with E-state index < -0.39 is 18.4 Å². The molecule has 21 heavy (non-hydrogen) atoms. The first-order valence-electron chi connectivity index (χ1n) is 5.99. The van der Waals surface area contributed by atoms with E-state index in [1.807, 2.05) is 0 Å². The number of carboxylic acids is 1. The van der Waals surface area contributed by atoms with Crippen molar-refractivity contribution in [3.63, 3.8) is 0 Å². The molecular weight excluding hydrogens is 294 g/mol. The molecule has 0 atom stereocenters. The van der Waals surface area contributed by atoms with Gasteiger partial charge in [-0.15, -0.1) is 0 Å². The summed E-state index contributed by atoms with van der Waals surface area (Å²) in [4.78, 5) is 28.4. The first-order chi connectivity index (χ1) is 9.99. The second kappa shape index (κ2) is 6.23. The van der Waals surface area contributed by atoms with Gasteiger partial charge in [0.1, 0.15) is 12.2 Å². The molecule has 0 aliphatic rings. The fourth-order valence-corrected chi connectivity index (χ4v) is 1.89. The third-order valence-electron chi connectivity index (χ3n) is 2.71. The summed E-state index contributed by atoms with van der Waals surface area (Å²) in [7, 11) is 0. The third kappa shape index (κ3) is 3.49. The third-order valence-corrected chi connectivity index (χ3v) is 2.94. The lowest BCUT2D eigenvalue weighted by molar-refractivity contribution is -0.135. The van der Waals surface area contributed by atoms with Gasteiger partial charge in [-0.25, -0.2) is 4.98 Å². The van der Waals surface area contributed by atoms with Gasteiger partial charge in [0.25, 0.3) is 5.91 Å². The standard InChI is InChI=1S/C14H12ClN3O3/c15-9-5-6-11(17-7-9)14(21)18(8-13(19)20)12-4-2-1-3-10(12)16/h1-7H,8,16H2,(H,19,20). The number of nitrogens with two attached hydrogens (primary N) is 1. The number of aliphatic carboxylic acids is 1. The van der Waals surface area contributed by atoms with Crippen molar-refractivity contribution in [1.82, 2.24) is 4.98 Å². The van der Waals surface area contributed by atoms with E-state index in [0.29, 0.717) is 16.4 Å². The molecule has 0 spiro atoms. The lowest BCUT2D eigenvalue weighted by Gasteiger charge is -2.22. The molecule has 7 heteroatoms. The maximum Gasteiger partial charge on any atom is 0.323 e. The van der Waals surface area contributed by atoms with Crippen LogP contribution in [0.4, 0.5) is 11.4 Å². The van der Waals surface area contributed by atoms with Gasteiger partial charge in [-0.3, -0.25) is 14.5 Å². The highest BCUT2D eigenvalue weighted by Crippen LogP contribution is 2.24. The average Bonchev–Trinajstić information content (AvgIpc) is 2.45. The van der Waals surface area contributed by atoms with Crippen molar-refractivity contribution in [2.24, 2.45) is 0 Å². The predicted octanol–water partition coefficient (Wildman–Crippen LogP) is 2.05. The Morgan fingerprint density at radius 2 is 1.95 bits per heavy atom. The summed E-state index contributed by atoms with van der Waals surface area (Å²) in [6, 6.07) is 9.47. The van der Waals surface area contributed by atoms with Gasteiger partial charge in [-0.1, -0.05) is 23.7 Å². The van der Waals surface area contributed by atoms with Crippen LogP contribution in [0.2, 0.25) is 5.02 Å². The molecule has 2 rings (SSSR count). The van der Waals surface area contributed by atoms with E-state index >= 15 is 0 Å². The summed E-state index contributed by atoms with van der Waals surface area (Å²) in [6.45, 7) is -0.517. The minimum atomic E-state index is -1.15. The zero-order chi connectivity index (χ0) is 15.4. The fourth-order valence-electron chi connectivity index (χ4n) is 1.78. The van der Waals surface area contributed by atoms with E-state index in [9.17, 15) is 9.59 Å². The molecule has 1 aromatic carbocycles. The minimum Gasteiger partial charge on any atom is -0.480 e. The number of pyridine rings is 1. The van der Waals surface area contributed by atoms with Crippen LogP contribution in [0.1, 0.15) is 10.5 Å². The molecule has 0 aliphatic heterocycles. The van der Waals surface area contributed by atoms with Crippen LogP contribution in [0.25, 0.3) is 0 Å². The van der Waals surface area contributed by atoms with Crippen molar-refractivity contribution in [2.45, 2.75) is 0 Å². The smallest absolute Gasteiger partial charge is 0.323 e. The molecule has 108 valence electrons. The number of carbonyl (C=O) groups excluding carboxylic acids is 1. The maximum atomic E-state index is 12.4. The fraction of sp³-hybridized carbons (Fsp3) is 0.0714. The lowest BCUT2D eigenvalue weighted by Crippen LogP contribution is -2.36. The van der Waals surface area contributed by atoms with Crippen molar-refractivity contribution in [3.8, 4) is 0 Å². The van der Waals surface area contributed by atoms with Crippen LogP contribution in [-0.4, -0.2) is 28.5 Å². The second-order valence-electron chi connectivity index (χ2n) is 4.21. The number of amides is 1. The van der Waals surface area contributed by atoms with Crippen LogP contribution in [-0.2, 0) is 4.79 Å². The van der Waals surface area contributed by atoms with E-state index in [-0.39, 0.29) is 5.69 Å². The van der Waals surface area contributed by atoms with Gasteiger partial charge in [0.15, 0.2) is 0 Å². The Kier molecular flexibility index (Phi) is 4.39. The number of carboxylic acid groups (broad SMARTS) is 1. The molecule has 6 nitrogen and oxygen atoms in total. The summed E-state index contributed by atoms with van der Waals surface area (Å²) in [5.74, 6) is -1.72. The van der Waals surface area contributed by atoms with Crippen LogP contribution in [0, 0.1) is 0 Å². The van der Waals surface area contributed by atoms with E-state index in [2.05, 4.69) is 4.98 Å². The second-order valence-corrected chi connectivity index (χ2v) is 4.64. The Morgan fingerprint density at radius 1 is 1.24 bits per heavy atom. The number of para-hydroxylation sites is 2. The zero-order valence-electron chi connectivity index (χ0n) is 10.9. The molecule has 0 aliphatic carbocycles. The quantitative estimate of drug-likeness (QED) is 0.843. The largest absolute Gasteiger partial charge is 0.480 e. The number of nitrogens with zero attached hydrogens (tertiary/aromatic N) is 2. The summed E-state index contributed by atoms with van der Waals surface area (Å²) in [6.07, 6.45) is 1.32. The van der Waals surface area contributed by atoms with Gasteiger partial charge < -0.3 is 10.8 Å². The number of aromatic nitrogens is 1. The SMILES string of the molecule is Nc1ccccc1N(CC(=O)O)C(=O)c1ccc(Cl)cn1. The molecule has 2 aromatic rings. The molecule has 0 saturated carbocycles. The molecule has 0 bridgehead atoms. The Hall–Kier alpha value is -2.60. The van der Waals surface area contributed by atoms with E-state index in [0.717, 1.165) is 4.90 Å². The Bertz CT molecular complexity index is 673. The van der Waals surface area contributed by atoms with Gasteiger partial charge in [0.05, 0.1) is 16.4 Å². The molecule has 1 aromatic heterocycles. The molecule has 0 fully saturated rings. The molecule has 3 N–H and O–H groups in total. The van der Waals surface area contributed by atoms with Crippen molar-refractivity contribution >= 4 is 34.9 Å². The molecule has 0 saturated heterocycles. The number of carbonyl (C=O) groups is 2. The summed E-state index contributed by atoms with van der Waals surface area (Å²) in [5.41, 5.74) is 6.52. The van der Waals surface area contributed by atoms with Crippen LogP contribution in [0.15, 0.2) is 42.6 Å². The van der Waals surface area contributed by atoms with Gasteiger partial charge >= 0.3 is 5.97 Å². The highest BCUT2D eigenvalue weighted by Gasteiger charge is 2.22. The number of benzene rings is 1. The van der Waals surface area contributed by atoms with Crippen LogP contribution >= 0.6 is 11.6 Å². The highest BCUT2D eigenvalue weighted by atomic mass is 35.5. The topological polar surface area (TPSA) is 96.5 Å².